The Hall–Kier alpha value is -1.06. The summed E-state index contributed by atoms with van der Waals surface area (Å²) in [6, 6.07) is 2.80. The van der Waals surface area contributed by atoms with E-state index in [1.807, 2.05) is 6.92 Å². The van der Waals surface area contributed by atoms with Gasteiger partial charge < -0.3 is 10.5 Å². The fourth-order valence-corrected chi connectivity index (χ4v) is 1.89. The van der Waals surface area contributed by atoms with Crippen molar-refractivity contribution in [3.63, 3.8) is 0 Å². The number of ether oxygens (including phenoxy) is 1. The highest BCUT2D eigenvalue weighted by molar-refractivity contribution is 6.32. The molecule has 1 aromatic carbocycles. The highest BCUT2D eigenvalue weighted by Gasteiger charge is 2.15. The third-order valence-corrected chi connectivity index (χ3v) is 2.76. The molecule has 3 nitrogen and oxygen atoms in total. The molecule has 0 saturated heterocycles. The summed E-state index contributed by atoms with van der Waals surface area (Å²) in [4.78, 5) is 11.7. The molecule has 2 N–H and O–H groups in total. The predicted octanol–water partition coefficient (Wildman–Crippen LogP) is 2.44. The molecular weight excluding hydrogens is 226 g/mol. The van der Waals surface area contributed by atoms with E-state index in [-0.39, 0.29) is 5.78 Å². The van der Waals surface area contributed by atoms with Crippen LogP contribution in [-0.4, -0.2) is 18.9 Å². The van der Waals surface area contributed by atoms with Crippen molar-refractivity contribution in [2.75, 3.05) is 7.11 Å². The van der Waals surface area contributed by atoms with Crippen LogP contribution in [0.3, 0.4) is 0 Å². The molecule has 0 aliphatic heterocycles. The third-order valence-electron chi connectivity index (χ3n) is 2.43. The van der Waals surface area contributed by atoms with Crippen LogP contribution in [0.5, 0.6) is 5.75 Å². The van der Waals surface area contributed by atoms with Crippen LogP contribution < -0.4 is 10.5 Å². The van der Waals surface area contributed by atoms with Gasteiger partial charge in [0.25, 0.3) is 0 Å². The molecular formula is C12H16ClNO2. The molecule has 0 fully saturated rings. The van der Waals surface area contributed by atoms with Gasteiger partial charge in [0.05, 0.1) is 13.2 Å². The summed E-state index contributed by atoms with van der Waals surface area (Å²) >= 11 is 6.09. The van der Waals surface area contributed by atoms with E-state index in [0.29, 0.717) is 16.3 Å². The first kappa shape index (κ1) is 13.0. The number of hydrogen-bond donors (Lipinski definition) is 1. The molecule has 0 aromatic heterocycles. The molecule has 16 heavy (non-hydrogen) atoms. The van der Waals surface area contributed by atoms with Gasteiger partial charge in [-0.15, -0.1) is 0 Å². The molecule has 88 valence electrons. The number of methoxy groups -OCH3 is 1. The van der Waals surface area contributed by atoms with Gasteiger partial charge in [-0.05, 0) is 25.5 Å². The first-order valence-corrected chi connectivity index (χ1v) is 5.55. The number of nitrogens with two attached hydrogens (primary N) is 1. The maximum absolute atomic E-state index is 11.7. The number of rotatable bonds is 4. The number of ketones is 1. The third kappa shape index (κ3) is 2.54. The molecule has 0 spiro atoms. The number of benzene rings is 1. The molecule has 0 aliphatic rings. The zero-order chi connectivity index (χ0) is 12.3. The van der Waals surface area contributed by atoms with E-state index in [1.54, 1.807) is 26.2 Å². The topological polar surface area (TPSA) is 52.3 Å². The Kier molecular flexibility index (Phi) is 4.33. The second kappa shape index (κ2) is 5.32. The van der Waals surface area contributed by atoms with Gasteiger partial charge in [-0.2, -0.15) is 0 Å². The molecule has 1 unspecified atom stereocenters. The summed E-state index contributed by atoms with van der Waals surface area (Å²) in [6.45, 7) is 3.63. The molecule has 0 amide bonds. The van der Waals surface area contributed by atoms with E-state index < -0.39 is 6.04 Å². The largest absolute Gasteiger partial charge is 0.496 e. The van der Waals surface area contributed by atoms with Gasteiger partial charge in [-0.1, -0.05) is 18.5 Å². The maximum atomic E-state index is 11.7. The van der Waals surface area contributed by atoms with Gasteiger partial charge >= 0.3 is 0 Å². The van der Waals surface area contributed by atoms with E-state index >= 15 is 0 Å². The monoisotopic (exact) mass is 241 g/mol. The SMILES string of the molecule is CCc1c(Cl)cc(C(=O)C(C)N)cc1OC. The summed E-state index contributed by atoms with van der Waals surface area (Å²) < 4.78 is 5.21. The Morgan fingerprint density at radius 2 is 2.19 bits per heavy atom. The van der Waals surface area contributed by atoms with E-state index in [1.165, 1.54) is 0 Å². The predicted molar refractivity (Wildman–Crippen MR) is 65.4 cm³/mol. The lowest BCUT2D eigenvalue weighted by Gasteiger charge is -2.12. The Bertz CT molecular complexity index is 402. The molecule has 1 aromatic rings. The van der Waals surface area contributed by atoms with Crippen molar-refractivity contribution in [2.45, 2.75) is 26.3 Å². The molecule has 0 bridgehead atoms. The van der Waals surface area contributed by atoms with Crippen LogP contribution in [0.4, 0.5) is 0 Å². The van der Waals surface area contributed by atoms with Crippen molar-refractivity contribution in [1.82, 2.24) is 0 Å². The Balaban J connectivity index is 3.25. The first-order chi connectivity index (χ1) is 7.51. The lowest BCUT2D eigenvalue weighted by atomic mass is 10.0. The fraction of sp³-hybridized carbons (Fsp3) is 0.417. The second-order valence-electron chi connectivity index (χ2n) is 3.65. The van der Waals surface area contributed by atoms with E-state index in [9.17, 15) is 4.79 Å². The van der Waals surface area contributed by atoms with Gasteiger partial charge in [0.15, 0.2) is 5.78 Å². The van der Waals surface area contributed by atoms with Gasteiger partial charge in [0, 0.05) is 16.1 Å². The summed E-state index contributed by atoms with van der Waals surface area (Å²) in [5.41, 5.74) is 6.95. The van der Waals surface area contributed by atoms with Crippen LogP contribution in [-0.2, 0) is 6.42 Å². The minimum absolute atomic E-state index is 0.136. The fourth-order valence-electron chi connectivity index (χ4n) is 1.54. The smallest absolute Gasteiger partial charge is 0.179 e. The Labute approximate surface area is 101 Å². The zero-order valence-electron chi connectivity index (χ0n) is 9.71. The van der Waals surface area contributed by atoms with Gasteiger partial charge in [-0.25, -0.2) is 0 Å². The van der Waals surface area contributed by atoms with E-state index in [4.69, 9.17) is 22.1 Å². The molecule has 0 radical (unpaired) electrons. The Morgan fingerprint density at radius 3 is 2.62 bits per heavy atom. The van der Waals surface area contributed by atoms with Crippen molar-refractivity contribution >= 4 is 17.4 Å². The van der Waals surface area contributed by atoms with Gasteiger partial charge in [-0.3, -0.25) is 4.79 Å². The summed E-state index contributed by atoms with van der Waals surface area (Å²) in [5.74, 6) is 0.502. The number of halogens is 1. The molecule has 0 heterocycles. The van der Waals surface area contributed by atoms with Crippen molar-refractivity contribution in [1.29, 1.82) is 0 Å². The van der Waals surface area contributed by atoms with Crippen LogP contribution >= 0.6 is 11.6 Å². The lowest BCUT2D eigenvalue weighted by Crippen LogP contribution is -2.26. The van der Waals surface area contributed by atoms with Crippen LogP contribution in [0.15, 0.2) is 12.1 Å². The van der Waals surface area contributed by atoms with Crippen molar-refractivity contribution in [3.05, 3.63) is 28.3 Å². The highest BCUT2D eigenvalue weighted by atomic mass is 35.5. The normalized spacial score (nSPS) is 12.3. The average Bonchev–Trinajstić information content (AvgIpc) is 2.26. The van der Waals surface area contributed by atoms with Gasteiger partial charge in [0.1, 0.15) is 5.75 Å². The molecule has 0 saturated carbocycles. The lowest BCUT2D eigenvalue weighted by molar-refractivity contribution is 0.0967. The summed E-state index contributed by atoms with van der Waals surface area (Å²) in [7, 11) is 1.56. The standard InChI is InChI=1S/C12H16ClNO2/c1-4-9-10(13)5-8(6-11(9)16-3)12(15)7(2)14/h5-7H,4,14H2,1-3H3. The highest BCUT2D eigenvalue weighted by Crippen LogP contribution is 2.29. The van der Waals surface area contributed by atoms with Crippen molar-refractivity contribution in [2.24, 2.45) is 5.73 Å². The minimum Gasteiger partial charge on any atom is -0.496 e. The molecule has 0 aliphatic carbocycles. The maximum Gasteiger partial charge on any atom is 0.179 e. The van der Waals surface area contributed by atoms with Gasteiger partial charge in [0.2, 0.25) is 0 Å². The summed E-state index contributed by atoms with van der Waals surface area (Å²) in [5, 5.41) is 0.547. The molecule has 1 atom stereocenters. The quantitative estimate of drug-likeness (QED) is 0.824. The van der Waals surface area contributed by atoms with Crippen LogP contribution in [0.25, 0.3) is 0 Å². The second-order valence-corrected chi connectivity index (χ2v) is 4.05. The van der Waals surface area contributed by atoms with E-state index in [2.05, 4.69) is 0 Å². The van der Waals surface area contributed by atoms with Crippen molar-refractivity contribution in [3.8, 4) is 5.75 Å². The number of carbonyl (C=O) groups excluding carboxylic acids is 1. The Morgan fingerprint density at radius 1 is 1.56 bits per heavy atom. The zero-order valence-corrected chi connectivity index (χ0v) is 10.5. The number of Topliss-reactive ketones (excluding diaryl/α,β-unsaturated/α-hetero) is 1. The number of carbonyl (C=O) groups is 1. The first-order valence-electron chi connectivity index (χ1n) is 5.17. The summed E-state index contributed by atoms with van der Waals surface area (Å²) in [6.07, 6.45) is 0.759. The van der Waals surface area contributed by atoms with Crippen molar-refractivity contribution < 1.29 is 9.53 Å². The molecule has 1 rings (SSSR count). The van der Waals surface area contributed by atoms with Crippen LogP contribution in [0.1, 0.15) is 29.8 Å². The molecule has 4 heteroatoms. The minimum atomic E-state index is -0.534. The van der Waals surface area contributed by atoms with Crippen LogP contribution in [0, 0.1) is 0 Å². The number of hydrogen-bond acceptors (Lipinski definition) is 3. The average molecular weight is 242 g/mol. The van der Waals surface area contributed by atoms with Crippen LogP contribution in [0.2, 0.25) is 5.02 Å². The van der Waals surface area contributed by atoms with E-state index in [0.717, 1.165) is 12.0 Å².